The number of hydrogen-bond donors (Lipinski definition) is 2. The summed E-state index contributed by atoms with van der Waals surface area (Å²) in [6.45, 7) is 0.585. The third-order valence-electron chi connectivity index (χ3n) is 3.55. The van der Waals surface area contributed by atoms with E-state index in [1.807, 2.05) is 48.5 Å². The lowest BCUT2D eigenvalue weighted by Crippen LogP contribution is -2.05. The fourth-order valence-corrected chi connectivity index (χ4v) is 2.24. The average molecular weight is 316 g/mol. The topological polar surface area (TPSA) is 58.9 Å². The van der Waals surface area contributed by atoms with Gasteiger partial charge in [-0.15, -0.1) is 0 Å². The van der Waals surface area contributed by atoms with Crippen LogP contribution >= 0.6 is 0 Å². The molecule has 2 aromatic rings. The maximum atomic E-state index is 8.81. The van der Waals surface area contributed by atoms with Gasteiger partial charge in [0.05, 0.1) is 0 Å². The molecule has 0 aliphatic heterocycles. The minimum absolute atomic E-state index is 0.159. The lowest BCUT2D eigenvalue weighted by Gasteiger charge is -2.09. The Labute approximate surface area is 137 Å². The highest BCUT2D eigenvalue weighted by molar-refractivity contribution is 5.28. The van der Waals surface area contributed by atoms with Crippen LogP contribution in [0.25, 0.3) is 0 Å². The molecule has 0 aromatic heterocycles. The number of ether oxygens (including phenoxy) is 2. The van der Waals surface area contributed by atoms with Crippen molar-refractivity contribution in [2.45, 2.75) is 25.7 Å². The van der Waals surface area contributed by atoms with E-state index in [4.69, 9.17) is 19.7 Å². The molecule has 2 N–H and O–H groups in total. The Kier molecular flexibility index (Phi) is 7.43. The van der Waals surface area contributed by atoms with Crippen molar-refractivity contribution < 1.29 is 19.7 Å². The number of aliphatic hydroxyl groups excluding tert-OH is 2. The van der Waals surface area contributed by atoms with E-state index < -0.39 is 0 Å². The van der Waals surface area contributed by atoms with Gasteiger partial charge in [0.25, 0.3) is 0 Å². The van der Waals surface area contributed by atoms with Crippen molar-refractivity contribution in [3.8, 4) is 11.5 Å². The van der Waals surface area contributed by atoms with E-state index >= 15 is 0 Å². The Morgan fingerprint density at radius 3 is 1.35 bits per heavy atom. The summed E-state index contributed by atoms with van der Waals surface area (Å²) >= 11 is 0. The molecule has 0 bridgehead atoms. The molecule has 0 heterocycles. The second-order valence-electron chi connectivity index (χ2n) is 5.35. The van der Waals surface area contributed by atoms with Gasteiger partial charge < -0.3 is 19.7 Å². The van der Waals surface area contributed by atoms with Crippen LogP contribution < -0.4 is 9.47 Å². The Morgan fingerprint density at radius 1 is 0.609 bits per heavy atom. The van der Waals surface area contributed by atoms with E-state index in [2.05, 4.69) is 0 Å². The molecule has 124 valence electrons. The first-order valence-electron chi connectivity index (χ1n) is 7.97. The molecule has 0 saturated carbocycles. The number of aliphatic hydroxyl groups is 2. The Hall–Kier alpha value is -2.04. The number of aryl methyl sites for hydroxylation is 2. The Bertz CT molecular complexity index is 497. The number of benzene rings is 2. The van der Waals surface area contributed by atoms with Crippen molar-refractivity contribution in [3.63, 3.8) is 0 Å². The summed E-state index contributed by atoms with van der Waals surface area (Å²) in [6, 6.07) is 15.6. The molecule has 4 heteroatoms. The van der Waals surface area contributed by atoms with Crippen molar-refractivity contribution in [2.75, 3.05) is 20.0 Å². The molecule has 0 aliphatic rings. The predicted octanol–water partition coefficient (Wildman–Crippen LogP) is 2.95. The van der Waals surface area contributed by atoms with Crippen molar-refractivity contribution in [1.82, 2.24) is 0 Å². The quantitative estimate of drug-likeness (QED) is 0.662. The van der Waals surface area contributed by atoms with Crippen molar-refractivity contribution in [1.29, 1.82) is 0 Å². The van der Waals surface area contributed by atoms with Crippen LogP contribution in [0.4, 0.5) is 0 Å². The minimum Gasteiger partial charge on any atom is -0.458 e. The standard InChI is InChI=1S/C19H24O4/c20-13-1-3-16-5-9-18(10-6-16)22-15-23-19-11-7-17(8-12-19)4-2-14-21/h5-12,20-21H,1-4,13-15H2. The molecule has 0 atom stereocenters. The first-order valence-corrected chi connectivity index (χ1v) is 7.97. The molecule has 2 rings (SSSR count). The van der Waals surface area contributed by atoms with Crippen LogP contribution in [0.2, 0.25) is 0 Å². The van der Waals surface area contributed by atoms with Gasteiger partial charge in [0.2, 0.25) is 6.79 Å². The molecule has 0 radical (unpaired) electrons. The van der Waals surface area contributed by atoms with Gasteiger partial charge >= 0.3 is 0 Å². The Morgan fingerprint density at radius 2 is 1.00 bits per heavy atom. The minimum atomic E-state index is 0.159. The average Bonchev–Trinajstić information content (AvgIpc) is 2.60. The van der Waals surface area contributed by atoms with Gasteiger partial charge in [-0.3, -0.25) is 0 Å². The molecule has 0 unspecified atom stereocenters. The zero-order chi connectivity index (χ0) is 16.3. The first-order chi connectivity index (χ1) is 11.3. The summed E-state index contributed by atoms with van der Waals surface area (Å²) in [4.78, 5) is 0. The highest BCUT2D eigenvalue weighted by atomic mass is 16.7. The van der Waals surface area contributed by atoms with E-state index in [1.165, 1.54) is 11.1 Å². The van der Waals surface area contributed by atoms with Gasteiger partial charge in [-0.05, 0) is 61.1 Å². The van der Waals surface area contributed by atoms with E-state index in [0.29, 0.717) is 0 Å². The van der Waals surface area contributed by atoms with Crippen LogP contribution in [0.5, 0.6) is 11.5 Å². The van der Waals surface area contributed by atoms with Crippen molar-refractivity contribution in [2.24, 2.45) is 0 Å². The summed E-state index contributed by atoms with van der Waals surface area (Å²) in [5, 5.41) is 17.6. The van der Waals surface area contributed by atoms with Crippen LogP contribution in [-0.4, -0.2) is 30.2 Å². The summed E-state index contributed by atoms with van der Waals surface area (Å²) < 4.78 is 11.1. The fraction of sp³-hybridized carbons (Fsp3) is 0.368. The molecule has 0 saturated heterocycles. The van der Waals surface area contributed by atoms with E-state index in [0.717, 1.165) is 37.2 Å². The van der Waals surface area contributed by atoms with E-state index in [1.54, 1.807) is 0 Å². The lowest BCUT2D eigenvalue weighted by atomic mass is 10.1. The third kappa shape index (κ3) is 6.30. The molecule has 0 fully saturated rings. The zero-order valence-electron chi connectivity index (χ0n) is 13.3. The fourth-order valence-electron chi connectivity index (χ4n) is 2.24. The maximum absolute atomic E-state index is 8.81. The van der Waals surface area contributed by atoms with E-state index in [9.17, 15) is 0 Å². The van der Waals surface area contributed by atoms with Crippen molar-refractivity contribution >= 4 is 0 Å². The molecular formula is C19H24O4. The largest absolute Gasteiger partial charge is 0.458 e. The molecule has 0 amide bonds. The third-order valence-corrected chi connectivity index (χ3v) is 3.55. The summed E-state index contributed by atoms with van der Waals surface area (Å²) in [5.41, 5.74) is 2.37. The zero-order valence-corrected chi connectivity index (χ0v) is 13.3. The molecule has 23 heavy (non-hydrogen) atoms. The summed E-state index contributed by atoms with van der Waals surface area (Å²) in [7, 11) is 0. The van der Waals surface area contributed by atoms with E-state index in [-0.39, 0.29) is 20.0 Å². The highest BCUT2D eigenvalue weighted by Gasteiger charge is 1.98. The highest BCUT2D eigenvalue weighted by Crippen LogP contribution is 2.16. The smallest absolute Gasteiger partial charge is 0.230 e. The van der Waals surface area contributed by atoms with Crippen LogP contribution in [0, 0.1) is 0 Å². The first kappa shape index (κ1) is 17.3. The second kappa shape index (κ2) is 9.87. The number of rotatable bonds is 10. The van der Waals surface area contributed by atoms with Gasteiger partial charge in [0.15, 0.2) is 0 Å². The molecular weight excluding hydrogens is 292 g/mol. The van der Waals surface area contributed by atoms with Gasteiger partial charge in [-0.25, -0.2) is 0 Å². The van der Waals surface area contributed by atoms with Gasteiger partial charge in [-0.2, -0.15) is 0 Å². The van der Waals surface area contributed by atoms with Crippen LogP contribution in [-0.2, 0) is 12.8 Å². The molecule has 0 aliphatic carbocycles. The molecule has 4 nitrogen and oxygen atoms in total. The lowest BCUT2D eigenvalue weighted by molar-refractivity contribution is 0.120. The van der Waals surface area contributed by atoms with Crippen LogP contribution in [0.15, 0.2) is 48.5 Å². The predicted molar refractivity (Wildman–Crippen MR) is 89.8 cm³/mol. The van der Waals surface area contributed by atoms with Crippen LogP contribution in [0.3, 0.4) is 0 Å². The SMILES string of the molecule is OCCCc1ccc(OCOc2ccc(CCCO)cc2)cc1. The van der Waals surface area contributed by atoms with Gasteiger partial charge in [-0.1, -0.05) is 24.3 Å². The summed E-state index contributed by atoms with van der Waals surface area (Å²) in [6.07, 6.45) is 3.29. The van der Waals surface area contributed by atoms with Crippen molar-refractivity contribution in [3.05, 3.63) is 59.7 Å². The van der Waals surface area contributed by atoms with Gasteiger partial charge in [0.1, 0.15) is 11.5 Å². The van der Waals surface area contributed by atoms with Crippen LogP contribution in [0.1, 0.15) is 24.0 Å². The molecule has 0 spiro atoms. The molecule has 2 aromatic carbocycles. The number of hydrogen-bond acceptors (Lipinski definition) is 4. The summed E-state index contributed by atoms with van der Waals surface area (Å²) in [5.74, 6) is 1.52. The maximum Gasteiger partial charge on any atom is 0.230 e. The van der Waals surface area contributed by atoms with Gasteiger partial charge in [0, 0.05) is 13.2 Å². The second-order valence-corrected chi connectivity index (χ2v) is 5.35. The normalized spacial score (nSPS) is 10.5. The Balaban J connectivity index is 1.73. The monoisotopic (exact) mass is 316 g/mol.